The van der Waals surface area contributed by atoms with E-state index in [1.807, 2.05) is 24.3 Å². The molecule has 9 nitrogen and oxygen atoms in total. The van der Waals surface area contributed by atoms with Gasteiger partial charge in [-0.2, -0.15) is 0 Å². The number of phenolic OH excluding ortho intramolecular Hbond substituents is 1. The molecule has 0 aliphatic carbocycles. The molecule has 10 heteroatoms. The number of fused-ring (bicyclic) bond motifs is 1. The first-order valence-corrected chi connectivity index (χ1v) is 11.5. The molecule has 0 fully saturated rings. The molecule has 0 bridgehead atoms. The second-order valence-corrected chi connectivity index (χ2v) is 8.63. The number of H-pyrrole nitrogens is 1. The summed E-state index contributed by atoms with van der Waals surface area (Å²) in [6.07, 6.45) is 0.704. The van der Waals surface area contributed by atoms with Gasteiger partial charge in [0.05, 0.1) is 10.6 Å². The quantitative estimate of drug-likeness (QED) is 0.162. The first-order valence-electron chi connectivity index (χ1n) is 11.1. The first-order chi connectivity index (χ1) is 17.3. The van der Waals surface area contributed by atoms with Gasteiger partial charge in [-0.1, -0.05) is 41.9 Å². The summed E-state index contributed by atoms with van der Waals surface area (Å²) in [6.45, 7) is 0.295. The number of carbonyl (C=O) groups is 2. The van der Waals surface area contributed by atoms with Crippen LogP contribution in [0.3, 0.4) is 0 Å². The molecule has 1 heterocycles. The number of carboxylic acids is 1. The van der Waals surface area contributed by atoms with Crippen molar-refractivity contribution in [2.24, 2.45) is 0 Å². The fourth-order valence-corrected chi connectivity index (χ4v) is 4.10. The number of aliphatic hydroxyl groups excluding tert-OH is 1. The Morgan fingerprint density at radius 3 is 2.58 bits per heavy atom. The maximum absolute atomic E-state index is 12.8. The average Bonchev–Trinajstić information content (AvgIpc) is 3.25. The van der Waals surface area contributed by atoms with Crippen LogP contribution in [0.1, 0.15) is 21.5 Å². The Morgan fingerprint density at radius 2 is 1.83 bits per heavy atom. The van der Waals surface area contributed by atoms with E-state index in [2.05, 4.69) is 20.9 Å². The van der Waals surface area contributed by atoms with Crippen molar-refractivity contribution in [1.29, 1.82) is 0 Å². The van der Waals surface area contributed by atoms with Crippen molar-refractivity contribution in [3.05, 3.63) is 94.6 Å². The summed E-state index contributed by atoms with van der Waals surface area (Å²) in [6, 6.07) is 17.5. The van der Waals surface area contributed by atoms with Gasteiger partial charge in [-0.15, -0.1) is 0 Å². The number of rotatable bonds is 10. The SMILES string of the molecule is O=C(NC(Cc1c[nH]c2ccccc12)C(=O)O)c1ccc(NC(O)NCc2cccc(O)c2)cc1Cl. The summed E-state index contributed by atoms with van der Waals surface area (Å²) in [5.74, 6) is -1.66. The third-order valence-electron chi connectivity index (χ3n) is 5.63. The van der Waals surface area contributed by atoms with Crippen molar-refractivity contribution in [2.75, 3.05) is 5.32 Å². The topological polar surface area (TPSA) is 147 Å². The number of benzene rings is 3. The molecule has 0 spiro atoms. The van der Waals surface area contributed by atoms with Crippen LogP contribution < -0.4 is 16.0 Å². The smallest absolute Gasteiger partial charge is 0.326 e. The number of halogens is 1. The molecule has 7 N–H and O–H groups in total. The summed E-state index contributed by atoms with van der Waals surface area (Å²) < 4.78 is 0. The van der Waals surface area contributed by atoms with E-state index in [4.69, 9.17) is 11.6 Å². The molecule has 2 unspecified atom stereocenters. The number of aromatic nitrogens is 1. The van der Waals surface area contributed by atoms with Crippen LogP contribution in [-0.2, 0) is 17.8 Å². The van der Waals surface area contributed by atoms with Crippen molar-refractivity contribution in [2.45, 2.75) is 25.4 Å². The van der Waals surface area contributed by atoms with Gasteiger partial charge >= 0.3 is 5.97 Å². The van der Waals surface area contributed by atoms with Crippen LogP contribution in [0.25, 0.3) is 10.9 Å². The molecule has 186 valence electrons. The average molecular weight is 509 g/mol. The summed E-state index contributed by atoms with van der Waals surface area (Å²) in [5, 5.41) is 38.6. The Balaban J connectivity index is 1.38. The number of aromatic hydroxyl groups is 1. The molecule has 0 aliphatic heterocycles. The predicted molar refractivity (Wildman–Crippen MR) is 137 cm³/mol. The minimum Gasteiger partial charge on any atom is -0.508 e. The van der Waals surface area contributed by atoms with E-state index in [0.717, 1.165) is 22.0 Å². The first kappa shape index (κ1) is 25.1. The highest BCUT2D eigenvalue weighted by atomic mass is 35.5. The molecule has 0 saturated heterocycles. The second-order valence-electron chi connectivity index (χ2n) is 8.22. The Labute approximate surface area is 211 Å². The zero-order valence-electron chi connectivity index (χ0n) is 19.0. The summed E-state index contributed by atoms with van der Waals surface area (Å²) in [7, 11) is 0. The van der Waals surface area contributed by atoms with Crippen molar-refractivity contribution in [3.8, 4) is 5.75 Å². The lowest BCUT2D eigenvalue weighted by atomic mass is 10.0. The van der Waals surface area contributed by atoms with E-state index in [1.165, 1.54) is 12.1 Å². The van der Waals surface area contributed by atoms with Gasteiger partial charge in [0.2, 0.25) is 0 Å². The summed E-state index contributed by atoms with van der Waals surface area (Å²) in [5.41, 5.74) is 2.99. The highest BCUT2D eigenvalue weighted by Crippen LogP contribution is 2.23. The van der Waals surface area contributed by atoms with Gasteiger partial charge in [-0.25, -0.2) is 4.79 Å². The zero-order chi connectivity index (χ0) is 25.7. The highest BCUT2D eigenvalue weighted by Gasteiger charge is 2.23. The lowest BCUT2D eigenvalue weighted by Gasteiger charge is -2.18. The van der Waals surface area contributed by atoms with Crippen LogP contribution in [0.2, 0.25) is 5.02 Å². The van der Waals surface area contributed by atoms with E-state index in [9.17, 15) is 24.9 Å². The number of amides is 1. The van der Waals surface area contributed by atoms with E-state index < -0.39 is 24.3 Å². The number of phenols is 1. The molecule has 4 aromatic rings. The molecule has 1 aromatic heterocycles. The normalized spacial score (nSPS) is 12.7. The number of anilines is 1. The number of aliphatic hydroxyl groups is 1. The maximum Gasteiger partial charge on any atom is 0.326 e. The van der Waals surface area contributed by atoms with Crippen LogP contribution in [0.4, 0.5) is 5.69 Å². The number of para-hydroxylation sites is 1. The summed E-state index contributed by atoms with van der Waals surface area (Å²) >= 11 is 6.30. The number of carbonyl (C=O) groups excluding carboxylic acids is 1. The number of aromatic amines is 1. The third kappa shape index (κ3) is 6.14. The van der Waals surface area contributed by atoms with Crippen molar-refractivity contribution in [3.63, 3.8) is 0 Å². The molecular weight excluding hydrogens is 484 g/mol. The molecule has 36 heavy (non-hydrogen) atoms. The molecule has 0 saturated carbocycles. The van der Waals surface area contributed by atoms with Gasteiger partial charge in [-0.05, 0) is 47.5 Å². The molecular formula is C26H25ClN4O5. The third-order valence-corrected chi connectivity index (χ3v) is 5.94. The van der Waals surface area contributed by atoms with Crippen LogP contribution in [-0.4, -0.2) is 44.6 Å². The highest BCUT2D eigenvalue weighted by molar-refractivity contribution is 6.34. The standard InChI is InChI=1S/C26H25ClN4O5/c27-21-12-17(30-26(36)29-13-15-4-3-5-18(32)10-15)8-9-20(21)24(33)31-23(25(34)35)11-16-14-28-22-7-2-1-6-19(16)22/h1-10,12,14,23,26,28-30,32,36H,11,13H2,(H,31,33)(H,34,35). The van der Waals surface area contributed by atoms with Gasteiger partial charge in [0, 0.05) is 35.8 Å². The van der Waals surface area contributed by atoms with Crippen LogP contribution >= 0.6 is 11.6 Å². The van der Waals surface area contributed by atoms with Gasteiger partial charge in [0.15, 0.2) is 6.35 Å². The fourth-order valence-electron chi connectivity index (χ4n) is 3.84. The number of aliphatic carboxylic acids is 1. The second kappa shape index (κ2) is 11.1. The predicted octanol–water partition coefficient (Wildman–Crippen LogP) is 3.43. The monoisotopic (exact) mass is 508 g/mol. The van der Waals surface area contributed by atoms with Gasteiger partial charge < -0.3 is 30.9 Å². The maximum atomic E-state index is 12.8. The molecule has 4 rings (SSSR count). The summed E-state index contributed by atoms with van der Waals surface area (Å²) in [4.78, 5) is 27.8. The van der Waals surface area contributed by atoms with E-state index in [1.54, 1.807) is 36.5 Å². The molecule has 0 aliphatic rings. The van der Waals surface area contributed by atoms with Crippen LogP contribution in [0.15, 0.2) is 72.9 Å². The van der Waals surface area contributed by atoms with E-state index >= 15 is 0 Å². The largest absolute Gasteiger partial charge is 0.508 e. The lowest BCUT2D eigenvalue weighted by Crippen LogP contribution is -2.42. The minimum atomic E-state index is -1.16. The number of nitrogens with one attached hydrogen (secondary N) is 4. The minimum absolute atomic E-state index is 0.0916. The molecule has 1 amide bonds. The van der Waals surface area contributed by atoms with Crippen molar-refractivity contribution >= 4 is 40.1 Å². The van der Waals surface area contributed by atoms with Crippen molar-refractivity contribution < 1.29 is 24.9 Å². The van der Waals surface area contributed by atoms with E-state index in [-0.39, 0.29) is 22.8 Å². The fraction of sp³-hybridized carbons (Fsp3) is 0.154. The Bertz CT molecular complexity index is 1390. The van der Waals surface area contributed by atoms with Gasteiger partial charge in [-0.3, -0.25) is 10.1 Å². The zero-order valence-corrected chi connectivity index (χ0v) is 19.8. The Hall–Kier alpha value is -4.05. The van der Waals surface area contributed by atoms with Gasteiger partial charge in [0.25, 0.3) is 5.91 Å². The number of hydrogen-bond donors (Lipinski definition) is 7. The van der Waals surface area contributed by atoms with Crippen molar-refractivity contribution in [1.82, 2.24) is 15.6 Å². The number of hydrogen-bond acceptors (Lipinski definition) is 6. The van der Waals surface area contributed by atoms with E-state index in [0.29, 0.717) is 12.2 Å². The Kier molecular flexibility index (Phi) is 7.74. The Morgan fingerprint density at radius 1 is 1.03 bits per heavy atom. The van der Waals surface area contributed by atoms with Crippen LogP contribution in [0.5, 0.6) is 5.75 Å². The van der Waals surface area contributed by atoms with Gasteiger partial charge in [0.1, 0.15) is 11.8 Å². The molecule has 3 aromatic carbocycles. The van der Waals surface area contributed by atoms with Crippen LogP contribution in [0, 0.1) is 0 Å². The lowest BCUT2D eigenvalue weighted by molar-refractivity contribution is -0.139. The molecule has 2 atom stereocenters. The molecule has 0 radical (unpaired) electrons. The number of carboxylic acid groups (broad SMARTS) is 1.